The number of amides is 1. The Kier molecular flexibility index (Phi) is 3.05. The van der Waals surface area contributed by atoms with Gasteiger partial charge in [-0.1, -0.05) is 12.1 Å². The fraction of sp³-hybridized carbons (Fsp3) is 0.385. The van der Waals surface area contributed by atoms with Crippen molar-refractivity contribution >= 4 is 5.91 Å². The SMILES string of the molecule is [CH]c1cccc(C(=O)N2CCCCC2)c1. The van der Waals surface area contributed by atoms with E-state index >= 15 is 0 Å². The van der Waals surface area contributed by atoms with Crippen LogP contribution in [0.5, 0.6) is 0 Å². The topological polar surface area (TPSA) is 20.3 Å². The molecule has 1 aliphatic heterocycles. The van der Waals surface area contributed by atoms with E-state index in [1.165, 1.54) is 6.42 Å². The van der Waals surface area contributed by atoms with E-state index in [9.17, 15) is 4.79 Å². The number of likely N-dealkylation sites (tertiary alicyclic amines) is 1. The molecule has 1 saturated heterocycles. The standard InChI is InChI=1S/C13H15NO/c1-11-6-5-7-12(10-11)13(15)14-8-3-2-4-9-14/h1,5-7,10H,2-4,8-9H2. The molecule has 2 radical (unpaired) electrons. The van der Waals surface area contributed by atoms with Gasteiger partial charge in [-0.2, -0.15) is 0 Å². The number of carbonyl (C=O) groups is 1. The molecule has 0 saturated carbocycles. The summed E-state index contributed by atoms with van der Waals surface area (Å²) in [7, 11) is 0. The lowest BCUT2D eigenvalue weighted by atomic mass is 10.1. The van der Waals surface area contributed by atoms with Crippen molar-refractivity contribution in [1.29, 1.82) is 0 Å². The van der Waals surface area contributed by atoms with Crippen LogP contribution in [0.3, 0.4) is 0 Å². The van der Waals surface area contributed by atoms with E-state index < -0.39 is 0 Å². The number of benzene rings is 1. The van der Waals surface area contributed by atoms with Crippen LogP contribution in [0.2, 0.25) is 0 Å². The van der Waals surface area contributed by atoms with E-state index in [2.05, 4.69) is 0 Å². The van der Waals surface area contributed by atoms with E-state index in [-0.39, 0.29) is 5.91 Å². The number of carbonyl (C=O) groups excluding carboxylic acids is 1. The molecule has 1 heterocycles. The Morgan fingerprint density at radius 3 is 2.60 bits per heavy atom. The molecular formula is C13H15NO. The second-order valence-electron chi connectivity index (χ2n) is 3.98. The van der Waals surface area contributed by atoms with Crippen LogP contribution in [0.4, 0.5) is 0 Å². The lowest BCUT2D eigenvalue weighted by Gasteiger charge is -2.26. The lowest BCUT2D eigenvalue weighted by molar-refractivity contribution is 0.0724. The van der Waals surface area contributed by atoms with Crippen LogP contribution < -0.4 is 0 Å². The van der Waals surface area contributed by atoms with E-state index in [0.717, 1.165) is 25.9 Å². The van der Waals surface area contributed by atoms with Gasteiger partial charge < -0.3 is 4.90 Å². The van der Waals surface area contributed by atoms with Crippen molar-refractivity contribution < 1.29 is 4.79 Å². The molecule has 0 atom stereocenters. The first-order valence-corrected chi connectivity index (χ1v) is 5.42. The van der Waals surface area contributed by atoms with Crippen LogP contribution in [0.1, 0.15) is 35.2 Å². The molecule has 0 aromatic heterocycles. The summed E-state index contributed by atoms with van der Waals surface area (Å²) in [6.07, 6.45) is 3.48. The monoisotopic (exact) mass is 201 g/mol. The molecule has 0 N–H and O–H groups in total. The van der Waals surface area contributed by atoms with Gasteiger partial charge in [0.25, 0.3) is 5.91 Å². The summed E-state index contributed by atoms with van der Waals surface area (Å²) in [6.45, 7) is 7.42. The molecule has 0 aliphatic carbocycles. The fourth-order valence-corrected chi connectivity index (χ4v) is 1.95. The van der Waals surface area contributed by atoms with Crippen LogP contribution in [0.15, 0.2) is 24.3 Å². The summed E-state index contributed by atoms with van der Waals surface area (Å²) in [5, 5.41) is 0. The van der Waals surface area contributed by atoms with Crippen LogP contribution >= 0.6 is 0 Å². The van der Waals surface area contributed by atoms with E-state index in [1.54, 1.807) is 12.1 Å². The molecule has 1 amide bonds. The molecule has 0 unspecified atom stereocenters. The van der Waals surface area contributed by atoms with E-state index in [0.29, 0.717) is 11.1 Å². The van der Waals surface area contributed by atoms with Crippen molar-refractivity contribution in [1.82, 2.24) is 4.90 Å². The minimum atomic E-state index is 0.113. The highest BCUT2D eigenvalue weighted by molar-refractivity contribution is 5.94. The van der Waals surface area contributed by atoms with Crippen molar-refractivity contribution in [2.24, 2.45) is 0 Å². The molecule has 0 bridgehead atoms. The molecule has 1 aromatic carbocycles. The zero-order valence-electron chi connectivity index (χ0n) is 8.78. The highest BCUT2D eigenvalue weighted by atomic mass is 16.2. The third-order valence-corrected chi connectivity index (χ3v) is 2.78. The number of nitrogens with zero attached hydrogens (tertiary/aromatic N) is 1. The zero-order chi connectivity index (χ0) is 10.7. The first-order valence-electron chi connectivity index (χ1n) is 5.42. The summed E-state index contributed by atoms with van der Waals surface area (Å²) in [6, 6.07) is 7.20. The Bertz CT molecular complexity index is 353. The van der Waals surface area contributed by atoms with Crippen LogP contribution in [0.25, 0.3) is 0 Å². The smallest absolute Gasteiger partial charge is 0.253 e. The number of hydrogen-bond acceptors (Lipinski definition) is 1. The molecule has 1 aromatic rings. The Balaban J connectivity index is 2.12. The maximum atomic E-state index is 12.0. The van der Waals surface area contributed by atoms with Crippen LogP contribution in [0, 0.1) is 6.92 Å². The van der Waals surface area contributed by atoms with E-state index in [4.69, 9.17) is 6.92 Å². The van der Waals surface area contributed by atoms with Gasteiger partial charge in [0, 0.05) is 18.7 Å². The third-order valence-electron chi connectivity index (χ3n) is 2.78. The molecule has 2 heteroatoms. The molecule has 15 heavy (non-hydrogen) atoms. The summed E-state index contributed by atoms with van der Waals surface area (Å²) >= 11 is 0. The maximum absolute atomic E-state index is 12.0. The second kappa shape index (κ2) is 4.47. The molecule has 2 nitrogen and oxygen atoms in total. The minimum Gasteiger partial charge on any atom is -0.339 e. The van der Waals surface area contributed by atoms with Gasteiger partial charge in [0.15, 0.2) is 0 Å². The van der Waals surface area contributed by atoms with Crippen molar-refractivity contribution in [2.45, 2.75) is 19.3 Å². The summed E-state index contributed by atoms with van der Waals surface area (Å²) in [4.78, 5) is 13.9. The maximum Gasteiger partial charge on any atom is 0.253 e. The highest BCUT2D eigenvalue weighted by Crippen LogP contribution is 2.13. The van der Waals surface area contributed by atoms with E-state index in [1.807, 2.05) is 17.0 Å². The van der Waals surface area contributed by atoms with Crippen molar-refractivity contribution in [3.8, 4) is 0 Å². The number of rotatable bonds is 1. The molecule has 1 aliphatic rings. The Morgan fingerprint density at radius 1 is 1.20 bits per heavy atom. The van der Waals surface area contributed by atoms with Crippen LogP contribution in [-0.4, -0.2) is 23.9 Å². The average Bonchev–Trinajstić information content (AvgIpc) is 2.29. The van der Waals surface area contributed by atoms with Gasteiger partial charge in [-0.05, 0) is 43.9 Å². The van der Waals surface area contributed by atoms with Crippen LogP contribution in [-0.2, 0) is 0 Å². The first kappa shape index (κ1) is 10.2. The predicted octanol–water partition coefficient (Wildman–Crippen LogP) is 2.37. The summed E-state index contributed by atoms with van der Waals surface area (Å²) in [5.41, 5.74) is 1.36. The third kappa shape index (κ3) is 2.38. The van der Waals surface area contributed by atoms with Crippen molar-refractivity contribution in [3.63, 3.8) is 0 Å². The van der Waals surface area contributed by atoms with Gasteiger partial charge in [-0.25, -0.2) is 0 Å². The fourth-order valence-electron chi connectivity index (χ4n) is 1.95. The molecule has 0 spiro atoms. The predicted molar refractivity (Wildman–Crippen MR) is 59.6 cm³/mol. The molecular weight excluding hydrogens is 186 g/mol. The molecule has 1 fully saturated rings. The first-order chi connectivity index (χ1) is 7.27. The largest absolute Gasteiger partial charge is 0.339 e. The van der Waals surface area contributed by atoms with Crippen molar-refractivity contribution in [3.05, 3.63) is 42.3 Å². The van der Waals surface area contributed by atoms with Gasteiger partial charge >= 0.3 is 0 Å². The Morgan fingerprint density at radius 2 is 1.93 bits per heavy atom. The number of hydrogen-bond donors (Lipinski definition) is 0. The summed E-state index contributed by atoms with van der Waals surface area (Å²) in [5.74, 6) is 0.113. The van der Waals surface area contributed by atoms with Gasteiger partial charge in [-0.3, -0.25) is 4.79 Å². The summed E-state index contributed by atoms with van der Waals surface area (Å²) < 4.78 is 0. The second-order valence-corrected chi connectivity index (χ2v) is 3.98. The van der Waals surface area contributed by atoms with Gasteiger partial charge in [0.2, 0.25) is 0 Å². The van der Waals surface area contributed by atoms with Crippen molar-refractivity contribution in [2.75, 3.05) is 13.1 Å². The normalized spacial score (nSPS) is 16.5. The van der Waals surface area contributed by atoms with Gasteiger partial charge in [-0.15, -0.1) is 0 Å². The highest BCUT2D eigenvalue weighted by Gasteiger charge is 2.17. The average molecular weight is 201 g/mol. The van der Waals surface area contributed by atoms with Gasteiger partial charge in [0.05, 0.1) is 0 Å². The zero-order valence-corrected chi connectivity index (χ0v) is 8.78. The Hall–Kier alpha value is -1.31. The molecule has 2 rings (SSSR count). The Labute approximate surface area is 90.9 Å². The quantitative estimate of drug-likeness (QED) is 0.683. The lowest BCUT2D eigenvalue weighted by Crippen LogP contribution is -2.35. The molecule has 78 valence electrons. The van der Waals surface area contributed by atoms with Gasteiger partial charge in [0.1, 0.15) is 0 Å². The minimum absolute atomic E-state index is 0.113. The number of piperidine rings is 1.